The summed E-state index contributed by atoms with van der Waals surface area (Å²) in [6, 6.07) is 0. The third-order valence-electron chi connectivity index (χ3n) is 1.76. The van der Waals surface area contributed by atoms with E-state index in [-0.39, 0.29) is 0 Å². The predicted octanol–water partition coefficient (Wildman–Crippen LogP) is 2.88. The first kappa shape index (κ1) is 11.4. The van der Waals surface area contributed by atoms with Gasteiger partial charge in [-0.15, -0.1) is 0 Å². The molecule has 0 radical (unpaired) electrons. The zero-order valence-corrected chi connectivity index (χ0v) is 8.51. The molecule has 0 fully saturated rings. The van der Waals surface area contributed by atoms with Crippen LogP contribution < -0.4 is 5.73 Å². The zero-order valence-electron chi connectivity index (χ0n) is 8.51. The first-order valence-corrected chi connectivity index (χ1v) is 4.79. The van der Waals surface area contributed by atoms with Crippen molar-refractivity contribution in [3.05, 3.63) is 23.8 Å². The van der Waals surface area contributed by atoms with Crippen LogP contribution in [-0.2, 0) is 0 Å². The summed E-state index contributed by atoms with van der Waals surface area (Å²) >= 11 is 0. The van der Waals surface area contributed by atoms with Crippen molar-refractivity contribution in [2.24, 2.45) is 11.7 Å². The summed E-state index contributed by atoms with van der Waals surface area (Å²) < 4.78 is 0. The molecule has 1 heteroatoms. The number of hydrogen-bond acceptors (Lipinski definition) is 1. The zero-order chi connectivity index (χ0) is 9.40. The van der Waals surface area contributed by atoms with Crippen molar-refractivity contribution < 1.29 is 0 Å². The first-order valence-electron chi connectivity index (χ1n) is 4.79. The molecule has 12 heavy (non-hydrogen) atoms. The Morgan fingerprint density at radius 1 is 1.42 bits per heavy atom. The van der Waals surface area contributed by atoms with Crippen LogP contribution in [0, 0.1) is 5.92 Å². The Bertz CT molecular complexity index is 154. The van der Waals surface area contributed by atoms with E-state index in [1.165, 1.54) is 5.57 Å². The van der Waals surface area contributed by atoms with Crippen LogP contribution in [0.2, 0.25) is 0 Å². The SMILES string of the molecule is CC/C=C\C(=C/CCN)C(C)C. The van der Waals surface area contributed by atoms with E-state index in [4.69, 9.17) is 5.73 Å². The van der Waals surface area contributed by atoms with Crippen LogP contribution in [0.4, 0.5) is 0 Å². The van der Waals surface area contributed by atoms with Gasteiger partial charge in [0.25, 0.3) is 0 Å². The summed E-state index contributed by atoms with van der Waals surface area (Å²) in [5, 5.41) is 0. The summed E-state index contributed by atoms with van der Waals surface area (Å²) in [5.74, 6) is 0.611. The van der Waals surface area contributed by atoms with Gasteiger partial charge in [-0.1, -0.05) is 39.0 Å². The highest BCUT2D eigenvalue weighted by Crippen LogP contribution is 2.11. The molecule has 0 saturated carbocycles. The van der Waals surface area contributed by atoms with E-state index in [1.54, 1.807) is 0 Å². The molecule has 0 atom stereocenters. The highest BCUT2D eigenvalue weighted by molar-refractivity contribution is 5.20. The van der Waals surface area contributed by atoms with Gasteiger partial charge in [0.05, 0.1) is 0 Å². The van der Waals surface area contributed by atoms with E-state index < -0.39 is 0 Å². The maximum Gasteiger partial charge on any atom is -0.00424 e. The smallest absolute Gasteiger partial charge is 0.00424 e. The van der Waals surface area contributed by atoms with Crippen LogP contribution in [0.3, 0.4) is 0 Å². The van der Waals surface area contributed by atoms with Gasteiger partial charge in [-0.3, -0.25) is 0 Å². The maximum atomic E-state index is 5.44. The topological polar surface area (TPSA) is 26.0 Å². The molecule has 0 unspecified atom stereocenters. The molecule has 0 aliphatic rings. The van der Waals surface area contributed by atoms with Crippen LogP contribution in [0.25, 0.3) is 0 Å². The lowest BCUT2D eigenvalue weighted by atomic mass is 10.0. The van der Waals surface area contributed by atoms with E-state index >= 15 is 0 Å². The largest absolute Gasteiger partial charge is 0.330 e. The highest BCUT2D eigenvalue weighted by atomic mass is 14.5. The predicted molar refractivity (Wildman–Crippen MR) is 56.0 cm³/mol. The quantitative estimate of drug-likeness (QED) is 0.626. The monoisotopic (exact) mass is 167 g/mol. The lowest BCUT2D eigenvalue weighted by molar-refractivity contribution is 0.781. The van der Waals surface area contributed by atoms with Crippen molar-refractivity contribution in [1.82, 2.24) is 0 Å². The summed E-state index contributed by atoms with van der Waals surface area (Å²) in [6.45, 7) is 7.32. The number of hydrogen-bond donors (Lipinski definition) is 1. The Labute approximate surface area is 76.3 Å². The third-order valence-corrected chi connectivity index (χ3v) is 1.76. The fourth-order valence-corrected chi connectivity index (χ4v) is 1.00. The van der Waals surface area contributed by atoms with E-state index in [1.807, 2.05) is 0 Å². The highest BCUT2D eigenvalue weighted by Gasteiger charge is 1.96. The molecule has 70 valence electrons. The average molecular weight is 167 g/mol. The lowest BCUT2D eigenvalue weighted by Gasteiger charge is -2.05. The summed E-state index contributed by atoms with van der Waals surface area (Å²) in [4.78, 5) is 0. The summed E-state index contributed by atoms with van der Waals surface area (Å²) in [7, 11) is 0. The molecular weight excluding hydrogens is 146 g/mol. The third kappa shape index (κ3) is 5.14. The van der Waals surface area contributed by atoms with Gasteiger partial charge in [0.1, 0.15) is 0 Å². The molecule has 0 aromatic rings. The van der Waals surface area contributed by atoms with Gasteiger partial charge in [0.15, 0.2) is 0 Å². The minimum atomic E-state index is 0.611. The Kier molecular flexibility index (Phi) is 6.78. The van der Waals surface area contributed by atoms with Crippen molar-refractivity contribution >= 4 is 0 Å². The average Bonchev–Trinajstić information content (AvgIpc) is 2.04. The molecular formula is C11H21N. The normalized spacial score (nSPS) is 13.2. The van der Waals surface area contributed by atoms with Crippen molar-refractivity contribution in [1.29, 1.82) is 0 Å². The Balaban J connectivity index is 4.12. The molecule has 0 aromatic carbocycles. The maximum absolute atomic E-state index is 5.44. The van der Waals surface area contributed by atoms with Gasteiger partial charge < -0.3 is 5.73 Å². The van der Waals surface area contributed by atoms with Crippen molar-refractivity contribution in [3.8, 4) is 0 Å². The van der Waals surface area contributed by atoms with Gasteiger partial charge in [-0.05, 0) is 30.9 Å². The van der Waals surface area contributed by atoms with Gasteiger partial charge in [0.2, 0.25) is 0 Å². The van der Waals surface area contributed by atoms with Crippen LogP contribution in [0.15, 0.2) is 23.8 Å². The summed E-state index contributed by atoms with van der Waals surface area (Å²) in [5.41, 5.74) is 6.84. The van der Waals surface area contributed by atoms with Crippen molar-refractivity contribution in [2.75, 3.05) is 6.54 Å². The molecule has 0 amide bonds. The lowest BCUT2D eigenvalue weighted by Crippen LogP contribution is -1.98. The van der Waals surface area contributed by atoms with Gasteiger partial charge >= 0.3 is 0 Å². The minimum Gasteiger partial charge on any atom is -0.330 e. The fourth-order valence-electron chi connectivity index (χ4n) is 1.00. The molecule has 0 aromatic heterocycles. The molecule has 0 spiro atoms. The van der Waals surface area contributed by atoms with E-state index in [0.29, 0.717) is 5.92 Å². The molecule has 1 nitrogen and oxygen atoms in total. The Morgan fingerprint density at radius 3 is 2.50 bits per heavy atom. The van der Waals surface area contributed by atoms with Crippen LogP contribution in [0.1, 0.15) is 33.6 Å². The first-order chi connectivity index (χ1) is 5.72. The molecule has 0 rings (SSSR count). The number of allylic oxidation sites excluding steroid dienone is 3. The van der Waals surface area contributed by atoms with Crippen LogP contribution in [0.5, 0.6) is 0 Å². The van der Waals surface area contributed by atoms with E-state index in [9.17, 15) is 0 Å². The standard InChI is InChI=1S/C11H21N/c1-4-5-7-11(10(2)3)8-6-9-12/h5,7-8,10H,4,6,9,12H2,1-3H3/b7-5-,11-8+. The summed E-state index contributed by atoms with van der Waals surface area (Å²) in [6.07, 6.45) is 8.73. The molecule has 0 aliphatic heterocycles. The Hall–Kier alpha value is -0.560. The molecule has 2 N–H and O–H groups in total. The van der Waals surface area contributed by atoms with Gasteiger partial charge in [0, 0.05) is 0 Å². The second kappa shape index (κ2) is 7.11. The van der Waals surface area contributed by atoms with E-state index in [2.05, 4.69) is 39.0 Å². The van der Waals surface area contributed by atoms with Crippen molar-refractivity contribution in [3.63, 3.8) is 0 Å². The van der Waals surface area contributed by atoms with Crippen molar-refractivity contribution in [2.45, 2.75) is 33.6 Å². The second-order valence-corrected chi connectivity index (χ2v) is 3.25. The van der Waals surface area contributed by atoms with Gasteiger partial charge in [-0.25, -0.2) is 0 Å². The second-order valence-electron chi connectivity index (χ2n) is 3.25. The fraction of sp³-hybridized carbons (Fsp3) is 0.636. The minimum absolute atomic E-state index is 0.611. The molecule has 0 heterocycles. The Morgan fingerprint density at radius 2 is 2.08 bits per heavy atom. The number of rotatable bonds is 5. The van der Waals surface area contributed by atoms with E-state index in [0.717, 1.165) is 19.4 Å². The molecule has 0 saturated heterocycles. The molecule has 0 aliphatic carbocycles. The van der Waals surface area contributed by atoms with Gasteiger partial charge in [-0.2, -0.15) is 0 Å². The van der Waals surface area contributed by atoms with Crippen LogP contribution in [-0.4, -0.2) is 6.54 Å². The molecule has 0 bridgehead atoms. The van der Waals surface area contributed by atoms with Crippen LogP contribution >= 0.6 is 0 Å². The number of nitrogens with two attached hydrogens (primary N) is 1.